The number of methoxy groups -OCH3 is 1. The molecule has 2 saturated heterocycles. The molecule has 2 fully saturated rings. The van der Waals surface area contributed by atoms with Crippen LogP contribution < -0.4 is 0 Å². The van der Waals surface area contributed by atoms with Gasteiger partial charge in [0.25, 0.3) is 0 Å². The summed E-state index contributed by atoms with van der Waals surface area (Å²) >= 11 is 0. The number of amides is 1. The molecular weight excluding hydrogens is 318 g/mol. The molecule has 0 aromatic heterocycles. The van der Waals surface area contributed by atoms with Crippen LogP contribution in [0.25, 0.3) is 0 Å². The van der Waals surface area contributed by atoms with E-state index in [0.29, 0.717) is 25.6 Å². The fourth-order valence-electron chi connectivity index (χ4n) is 3.58. The summed E-state index contributed by atoms with van der Waals surface area (Å²) in [5.41, 5.74) is 0. The molecule has 0 aromatic carbocycles. The lowest BCUT2D eigenvalue weighted by Crippen LogP contribution is -2.46. The molecule has 0 bridgehead atoms. The summed E-state index contributed by atoms with van der Waals surface area (Å²) < 4.78 is 30.3. The van der Waals surface area contributed by atoms with Gasteiger partial charge >= 0.3 is 0 Å². The van der Waals surface area contributed by atoms with E-state index >= 15 is 0 Å². The Hall–Kier alpha value is -0.700. The number of carbonyl (C=O) groups excluding carboxylic acids is 1. The lowest BCUT2D eigenvalue weighted by Gasteiger charge is -2.35. The van der Waals surface area contributed by atoms with Gasteiger partial charge in [0.05, 0.1) is 12.4 Å². The van der Waals surface area contributed by atoms with E-state index in [9.17, 15) is 13.2 Å². The maximum Gasteiger partial charge on any atom is 0.222 e. The van der Waals surface area contributed by atoms with Crippen LogP contribution in [-0.2, 0) is 19.6 Å². The molecule has 2 aliphatic heterocycles. The van der Waals surface area contributed by atoms with E-state index in [2.05, 4.69) is 4.90 Å². The van der Waals surface area contributed by atoms with Crippen LogP contribution in [0.1, 0.15) is 19.3 Å². The molecule has 0 radical (unpaired) electrons. The van der Waals surface area contributed by atoms with Crippen molar-refractivity contribution in [3.8, 4) is 0 Å². The Morgan fingerprint density at radius 1 is 1.22 bits per heavy atom. The average Bonchev–Trinajstić information content (AvgIpc) is 2.89. The van der Waals surface area contributed by atoms with Gasteiger partial charge in [0.15, 0.2) is 0 Å². The maximum absolute atomic E-state index is 12.0. The minimum Gasteiger partial charge on any atom is -0.380 e. The van der Waals surface area contributed by atoms with Crippen LogP contribution in [0.2, 0.25) is 0 Å². The molecule has 0 aliphatic carbocycles. The second-order valence-corrected chi connectivity index (χ2v) is 8.86. The van der Waals surface area contributed by atoms with Crippen LogP contribution >= 0.6 is 0 Å². The van der Waals surface area contributed by atoms with Crippen LogP contribution in [-0.4, -0.2) is 94.2 Å². The van der Waals surface area contributed by atoms with E-state index < -0.39 is 10.0 Å². The van der Waals surface area contributed by atoms with Gasteiger partial charge in [0.2, 0.25) is 15.9 Å². The lowest BCUT2D eigenvalue weighted by atomic mass is 10.0. The highest BCUT2D eigenvalue weighted by Crippen LogP contribution is 2.28. The number of ether oxygens (including phenoxy) is 1. The summed E-state index contributed by atoms with van der Waals surface area (Å²) in [6, 6.07) is 0.380. The number of hydrogen-bond acceptors (Lipinski definition) is 5. The average molecular weight is 347 g/mol. The van der Waals surface area contributed by atoms with Crippen molar-refractivity contribution < 1.29 is 17.9 Å². The lowest BCUT2D eigenvalue weighted by molar-refractivity contribution is -0.130. The first-order valence-corrected chi connectivity index (χ1v) is 9.99. The van der Waals surface area contributed by atoms with Crippen LogP contribution in [0.4, 0.5) is 0 Å². The molecule has 2 rings (SSSR count). The fourth-order valence-corrected chi connectivity index (χ4v) is 4.45. The van der Waals surface area contributed by atoms with Crippen molar-refractivity contribution in [1.29, 1.82) is 0 Å². The monoisotopic (exact) mass is 347 g/mol. The Bertz CT molecular complexity index is 515. The van der Waals surface area contributed by atoms with Gasteiger partial charge in [-0.15, -0.1) is 0 Å². The molecule has 8 heteroatoms. The first-order valence-electron chi connectivity index (χ1n) is 8.14. The van der Waals surface area contributed by atoms with Crippen molar-refractivity contribution in [3.63, 3.8) is 0 Å². The van der Waals surface area contributed by atoms with Crippen LogP contribution in [0.3, 0.4) is 0 Å². The predicted molar refractivity (Wildman–Crippen MR) is 88.6 cm³/mol. The maximum atomic E-state index is 12.0. The summed E-state index contributed by atoms with van der Waals surface area (Å²) in [5, 5.41) is 0. The summed E-state index contributed by atoms with van der Waals surface area (Å²) in [7, 11) is 2.17. The highest BCUT2D eigenvalue weighted by Gasteiger charge is 2.39. The number of likely N-dealkylation sites (tertiary alicyclic amines) is 1. The molecule has 2 atom stereocenters. The first-order chi connectivity index (χ1) is 10.7. The van der Waals surface area contributed by atoms with Gasteiger partial charge in [0.1, 0.15) is 0 Å². The van der Waals surface area contributed by atoms with Crippen molar-refractivity contribution in [3.05, 3.63) is 0 Å². The molecule has 1 amide bonds. The SMILES string of the molecule is CO[C@H]1CN(C2CCN(S(C)(=O)=O)CC2)C[C@@H]1CC(=O)N(C)C. The van der Waals surface area contributed by atoms with Gasteiger partial charge in [-0.25, -0.2) is 12.7 Å². The normalized spacial score (nSPS) is 28.2. The molecule has 7 nitrogen and oxygen atoms in total. The molecule has 2 aliphatic rings. The summed E-state index contributed by atoms with van der Waals surface area (Å²) in [6.07, 6.45) is 3.54. The smallest absolute Gasteiger partial charge is 0.222 e. The van der Waals surface area contributed by atoms with Crippen molar-refractivity contribution in [2.24, 2.45) is 5.92 Å². The van der Waals surface area contributed by atoms with Crippen molar-refractivity contribution in [2.45, 2.75) is 31.4 Å². The molecule has 2 heterocycles. The third kappa shape index (κ3) is 4.65. The first kappa shape index (κ1) is 18.6. The number of rotatable bonds is 5. The van der Waals surface area contributed by atoms with Gasteiger partial charge in [-0.1, -0.05) is 0 Å². The van der Waals surface area contributed by atoms with Gasteiger partial charge in [-0.2, -0.15) is 0 Å². The number of hydrogen-bond donors (Lipinski definition) is 0. The number of sulfonamides is 1. The standard InChI is InChI=1S/C15H29N3O4S/c1-16(2)15(19)9-12-10-17(11-14(12)22-3)13-5-7-18(8-6-13)23(4,20)21/h12-14H,5-11H2,1-4H3/t12-,14-/m0/s1. The zero-order valence-corrected chi connectivity index (χ0v) is 15.4. The zero-order valence-electron chi connectivity index (χ0n) is 14.6. The van der Waals surface area contributed by atoms with Crippen molar-refractivity contribution >= 4 is 15.9 Å². The Kier molecular flexibility index (Phi) is 6.05. The quantitative estimate of drug-likeness (QED) is 0.691. The highest BCUT2D eigenvalue weighted by molar-refractivity contribution is 7.88. The number of carbonyl (C=O) groups is 1. The molecule has 0 aromatic rings. The summed E-state index contributed by atoms with van der Waals surface area (Å²) in [6.45, 7) is 2.84. The Labute approximate surface area is 139 Å². The zero-order chi connectivity index (χ0) is 17.2. The minimum atomic E-state index is -3.08. The molecule has 0 unspecified atom stereocenters. The fraction of sp³-hybridized carbons (Fsp3) is 0.933. The second-order valence-electron chi connectivity index (χ2n) is 6.87. The summed E-state index contributed by atoms with van der Waals surface area (Å²) in [4.78, 5) is 16.0. The molecule has 0 N–H and O–H groups in total. The Morgan fingerprint density at radius 3 is 2.30 bits per heavy atom. The van der Waals surface area contributed by atoms with Gasteiger partial charge in [-0.3, -0.25) is 9.69 Å². The van der Waals surface area contributed by atoms with Crippen LogP contribution in [0.15, 0.2) is 0 Å². The van der Waals surface area contributed by atoms with Crippen molar-refractivity contribution in [1.82, 2.24) is 14.1 Å². The largest absolute Gasteiger partial charge is 0.380 e. The third-order valence-electron chi connectivity index (χ3n) is 5.06. The molecular formula is C15H29N3O4S. The molecule has 0 spiro atoms. The predicted octanol–water partition coefficient (Wildman–Crippen LogP) is -0.164. The van der Waals surface area contributed by atoms with E-state index in [-0.39, 0.29) is 17.9 Å². The van der Waals surface area contributed by atoms with Crippen molar-refractivity contribution in [2.75, 3.05) is 53.6 Å². The van der Waals surface area contributed by atoms with Gasteiger partial charge in [-0.05, 0) is 12.8 Å². The number of piperidine rings is 1. The van der Waals surface area contributed by atoms with E-state index in [4.69, 9.17) is 4.74 Å². The van der Waals surface area contributed by atoms with E-state index in [0.717, 1.165) is 25.9 Å². The second kappa shape index (κ2) is 7.46. The Morgan fingerprint density at radius 2 is 1.83 bits per heavy atom. The van der Waals surface area contributed by atoms with E-state index in [1.54, 1.807) is 30.4 Å². The van der Waals surface area contributed by atoms with Crippen LogP contribution in [0.5, 0.6) is 0 Å². The molecule has 134 valence electrons. The minimum absolute atomic E-state index is 0.0758. The topological polar surface area (TPSA) is 70.2 Å². The highest BCUT2D eigenvalue weighted by atomic mass is 32.2. The summed E-state index contributed by atoms with van der Waals surface area (Å²) in [5.74, 6) is 0.341. The molecule has 23 heavy (non-hydrogen) atoms. The molecule has 0 saturated carbocycles. The van der Waals surface area contributed by atoms with Gasteiger partial charge < -0.3 is 9.64 Å². The van der Waals surface area contributed by atoms with Gasteiger partial charge in [0, 0.05) is 65.8 Å². The van der Waals surface area contributed by atoms with Crippen LogP contribution in [0, 0.1) is 5.92 Å². The number of nitrogens with zero attached hydrogens (tertiary/aromatic N) is 3. The van der Waals surface area contributed by atoms with E-state index in [1.165, 1.54) is 6.26 Å². The van der Waals surface area contributed by atoms with E-state index in [1.807, 2.05) is 0 Å². The third-order valence-corrected chi connectivity index (χ3v) is 6.36. The Balaban J connectivity index is 1.91.